The minimum atomic E-state index is 0.0734. The Morgan fingerprint density at radius 2 is 1.94 bits per heavy atom. The van der Waals surface area contributed by atoms with E-state index in [0.29, 0.717) is 5.37 Å². The summed E-state index contributed by atoms with van der Waals surface area (Å²) < 4.78 is 5.16. The lowest BCUT2D eigenvalue weighted by molar-refractivity contribution is 0.415. The molecule has 0 radical (unpaired) electrons. The standard InChI is InChI=1S/C14H19NOS/c1-10-15-14(2,3)13(17-10)9-11-5-7-12(16-4)8-6-11/h5-10,15H,1-4H3. The average Bonchev–Trinajstić information content (AvgIpc) is 2.53. The number of hydrogen-bond acceptors (Lipinski definition) is 3. The molecule has 92 valence electrons. The highest BCUT2D eigenvalue weighted by atomic mass is 32.2. The molecule has 1 saturated heterocycles. The molecule has 1 fully saturated rings. The maximum Gasteiger partial charge on any atom is 0.118 e. The predicted molar refractivity (Wildman–Crippen MR) is 75.2 cm³/mol. The van der Waals surface area contributed by atoms with Gasteiger partial charge in [0, 0.05) is 10.4 Å². The number of thioether (sulfide) groups is 1. The van der Waals surface area contributed by atoms with E-state index in [1.165, 1.54) is 10.5 Å². The monoisotopic (exact) mass is 249 g/mol. The van der Waals surface area contributed by atoms with Gasteiger partial charge in [-0.25, -0.2) is 0 Å². The molecule has 2 rings (SSSR count). The predicted octanol–water partition coefficient (Wildman–Crippen LogP) is 3.50. The van der Waals surface area contributed by atoms with E-state index in [0.717, 1.165) is 5.75 Å². The molecular weight excluding hydrogens is 230 g/mol. The van der Waals surface area contributed by atoms with E-state index in [9.17, 15) is 0 Å². The van der Waals surface area contributed by atoms with Crippen LogP contribution in [-0.2, 0) is 0 Å². The van der Waals surface area contributed by atoms with Crippen molar-refractivity contribution in [2.75, 3.05) is 7.11 Å². The van der Waals surface area contributed by atoms with Gasteiger partial charge >= 0.3 is 0 Å². The van der Waals surface area contributed by atoms with Gasteiger partial charge in [0.25, 0.3) is 0 Å². The van der Waals surface area contributed by atoms with Crippen molar-refractivity contribution in [2.45, 2.75) is 31.7 Å². The van der Waals surface area contributed by atoms with Gasteiger partial charge in [-0.3, -0.25) is 5.32 Å². The Bertz CT molecular complexity index is 422. The zero-order chi connectivity index (χ0) is 12.5. The molecule has 0 aromatic heterocycles. The van der Waals surface area contributed by atoms with Crippen LogP contribution in [0.4, 0.5) is 0 Å². The molecule has 0 spiro atoms. The third-order valence-corrected chi connectivity index (χ3v) is 4.25. The third kappa shape index (κ3) is 2.85. The molecule has 0 aliphatic carbocycles. The minimum Gasteiger partial charge on any atom is -0.497 e. The fourth-order valence-corrected chi connectivity index (χ4v) is 3.30. The van der Waals surface area contributed by atoms with E-state index < -0.39 is 0 Å². The van der Waals surface area contributed by atoms with Gasteiger partial charge in [-0.1, -0.05) is 12.1 Å². The number of benzene rings is 1. The van der Waals surface area contributed by atoms with Gasteiger partial charge in [0.1, 0.15) is 5.75 Å². The second-order valence-corrected chi connectivity index (χ2v) is 6.19. The highest BCUT2D eigenvalue weighted by Gasteiger charge is 2.33. The van der Waals surface area contributed by atoms with Crippen molar-refractivity contribution in [2.24, 2.45) is 0 Å². The van der Waals surface area contributed by atoms with Gasteiger partial charge in [0.15, 0.2) is 0 Å². The van der Waals surface area contributed by atoms with Gasteiger partial charge in [-0.15, -0.1) is 11.8 Å². The first kappa shape index (κ1) is 12.5. The Hall–Kier alpha value is -0.930. The molecular formula is C14H19NOS. The van der Waals surface area contributed by atoms with E-state index in [2.05, 4.69) is 44.3 Å². The first-order chi connectivity index (χ1) is 8.01. The number of methoxy groups -OCH3 is 1. The van der Waals surface area contributed by atoms with Crippen LogP contribution in [0.3, 0.4) is 0 Å². The second-order valence-electron chi connectivity index (χ2n) is 4.81. The fraction of sp³-hybridized carbons (Fsp3) is 0.429. The first-order valence-corrected chi connectivity index (χ1v) is 6.70. The smallest absolute Gasteiger partial charge is 0.118 e. The van der Waals surface area contributed by atoms with Crippen LogP contribution in [0.25, 0.3) is 6.08 Å². The Kier molecular flexibility index (Phi) is 3.50. The second kappa shape index (κ2) is 4.75. The lowest BCUT2D eigenvalue weighted by Gasteiger charge is -2.19. The Morgan fingerprint density at radius 3 is 2.41 bits per heavy atom. The molecule has 1 aliphatic heterocycles. The molecule has 1 heterocycles. The molecule has 1 atom stereocenters. The maximum absolute atomic E-state index is 5.16. The van der Waals surface area contributed by atoms with Gasteiger partial charge in [0.2, 0.25) is 0 Å². The van der Waals surface area contributed by atoms with E-state index in [4.69, 9.17) is 4.74 Å². The van der Waals surface area contributed by atoms with Gasteiger partial charge in [-0.2, -0.15) is 0 Å². The van der Waals surface area contributed by atoms with E-state index in [1.54, 1.807) is 7.11 Å². The van der Waals surface area contributed by atoms with Crippen LogP contribution in [0.1, 0.15) is 26.3 Å². The fourth-order valence-electron chi connectivity index (χ4n) is 2.01. The summed E-state index contributed by atoms with van der Waals surface area (Å²) in [6.07, 6.45) is 2.25. The maximum atomic E-state index is 5.16. The number of ether oxygens (including phenoxy) is 1. The number of hydrogen-bond donors (Lipinski definition) is 1. The third-order valence-electron chi connectivity index (χ3n) is 2.90. The molecule has 0 bridgehead atoms. The van der Waals surface area contributed by atoms with E-state index >= 15 is 0 Å². The lowest BCUT2D eigenvalue weighted by Crippen LogP contribution is -2.36. The largest absolute Gasteiger partial charge is 0.497 e. The summed E-state index contributed by atoms with van der Waals surface area (Å²) in [6.45, 7) is 6.64. The van der Waals surface area contributed by atoms with Crippen LogP contribution in [0.2, 0.25) is 0 Å². The molecule has 0 amide bonds. The van der Waals surface area contributed by atoms with Crippen molar-refractivity contribution < 1.29 is 4.74 Å². The number of nitrogens with one attached hydrogen (secondary N) is 1. The molecule has 0 saturated carbocycles. The zero-order valence-corrected chi connectivity index (χ0v) is 11.6. The van der Waals surface area contributed by atoms with Crippen LogP contribution in [0.15, 0.2) is 29.2 Å². The quantitative estimate of drug-likeness (QED) is 0.867. The summed E-state index contributed by atoms with van der Waals surface area (Å²) in [7, 11) is 1.69. The Labute approximate surface area is 107 Å². The zero-order valence-electron chi connectivity index (χ0n) is 10.8. The van der Waals surface area contributed by atoms with Gasteiger partial charge in [-0.05, 0) is 44.5 Å². The highest BCUT2D eigenvalue weighted by molar-refractivity contribution is 8.04. The molecule has 1 aromatic carbocycles. The van der Waals surface area contributed by atoms with Crippen molar-refractivity contribution in [3.63, 3.8) is 0 Å². The SMILES string of the molecule is COc1ccc(C=C2SC(C)NC2(C)C)cc1. The normalized spacial score (nSPS) is 25.2. The van der Waals surface area contributed by atoms with Crippen molar-refractivity contribution in [1.82, 2.24) is 5.32 Å². The van der Waals surface area contributed by atoms with Crippen molar-refractivity contribution in [1.29, 1.82) is 0 Å². The van der Waals surface area contributed by atoms with Crippen LogP contribution in [0, 0.1) is 0 Å². The topological polar surface area (TPSA) is 21.3 Å². The number of rotatable bonds is 2. The molecule has 1 aromatic rings. The summed E-state index contributed by atoms with van der Waals surface area (Å²) in [5, 5.41) is 4.04. The minimum absolute atomic E-state index is 0.0734. The molecule has 1 aliphatic rings. The van der Waals surface area contributed by atoms with Crippen LogP contribution in [0.5, 0.6) is 5.75 Å². The van der Waals surface area contributed by atoms with Gasteiger partial charge < -0.3 is 4.74 Å². The van der Waals surface area contributed by atoms with Crippen molar-refractivity contribution >= 4 is 17.8 Å². The van der Waals surface area contributed by atoms with E-state index in [-0.39, 0.29) is 5.54 Å². The van der Waals surface area contributed by atoms with Crippen LogP contribution in [-0.4, -0.2) is 18.0 Å². The summed E-state index contributed by atoms with van der Waals surface area (Å²) in [6, 6.07) is 8.17. The first-order valence-electron chi connectivity index (χ1n) is 5.82. The molecule has 3 heteroatoms. The summed E-state index contributed by atoms with van der Waals surface area (Å²) in [5.41, 5.74) is 1.29. The molecule has 2 nitrogen and oxygen atoms in total. The lowest BCUT2D eigenvalue weighted by atomic mass is 10.0. The molecule has 17 heavy (non-hydrogen) atoms. The summed E-state index contributed by atoms with van der Waals surface area (Å²) >= 11 is 1.90. The van der Waals surface area contributed by atoms with Gasteiger partial charge in [0.05, 0.1) is 12.5 Å². The Morgan fingerprint density at radius 1 is 1.29 bits per heavy atom. The van der Waals surface area contributed by atoms with Crippen LogP contribution >= 0.6 is 11.8 Å². The molecule has 1 N–H and O–H groups in total. The van der Waals surface area contributed by atoms with Crippen molar-refractivity contribution in [3.8, 4) is 5.75 Å². The summed E-state index contributed by atoms with van der Waals surface area (Å²) in [4.78, 5) is 1.38. The Balaban J connectivity index is 2.23. The van der Waals surface area contributed by atoms with E-state index in [1.807, 2.05) is 23.9 Å². The van der Waals surface area contributed by atoms with Crippen molar-refractivity contribution in [3.05, 3.63) is 34.7 Å². The molecule has 1 unspecified atom stereocenters. The average molecular weight is 249 g/mol. The van der Waals surface area contributed by atoms with Crippen LogP contribution < -0.4 is 10.1 Å². The highest BCUT2D eigenvalue weighted by Crippen LogP contribution is 2.39. The summed E-state index contributed by atoms with van der Waals surface area (Å²) in [5.74, 6) is 0.900.